The van der Waals surface area contributed by atoms with E-state index in [0.29, 0.717) is 18.8 Å². The number of hydrogen-bond acceptors (Lipinski definition) is 3. The largest absolute Gasteiger partial charge is 0.329 e. The SMILES string of the molecule is O=C(CNC(=O)N1CCc2ccccc2C1)Nc1ccc(-n2cnc3ccccc32)cc1. The van der Waals surface area contributed by atoms with E-state index in [-0.39, 0.29) is 18.5 Å². The summed E-state index contributed by atoms with van der Waals surface area (Å²) in [6, 6.07) is 23.4. The van der Waals surface area contributed by atoms with Gasteiger partial charge in [0.1, 0.15) is 6.33 Å². The number of carbonyl (C=O) groups is 2. The molecule has 0 radical (unpaired) electrons. The van der Waals surface area contributed by atoms with Crippen molar-refractivity contribution in [2.24, 2.45) is 0 Å². The van der Waals surface area contributed by atoms with Crippen molar-refractivity contribution in [1.29, 1.82) is 0 Å². The highest BCUT2D eigenvalue weighted by molar-refractivity contribution is 5.94. The first-order valence-corrected chi connectivity index (χ1v) is 10.6. The molecule has 0 atom stereocenters. The van der Waals surface area contributed by atoms with Crippen LogP contribution in [0.5, 0.6) is 0 Å². The number of amides is 3. The predicted octanol–water partition coefficient (Wildman–Crippen LogP) is 3.73. The average Bonchev–Trinajstić information content (AvgIpc) is 3.27. The molecule has 7 heteroatoms. The normalized spacial score (nSPS) is 12.9. The summed E-state index contributed by atoms with van der Waals surface area (Å²) in [6.07, 6.45) is 2.61. The number of urea groups is 1. The Morgan fingerprint density at radius 1 is 0.906 bits per heavy atom. The van der Waals surface area contributed by atoms with Crippen LogP contribution in [0, 0.1) is 0 Å². The van der Waals surface area contributed by atoms with Gasteiger partial charge in [0.2, 0.25) is 5.91 Å². The summed E-state index contributed by atoms with van der Waals surface area (Å²) in [5.74, 6) is -0.267. The molecule has 2 N–H and O–H groups in total. The molecule has 0 unspecified atom stereocenters. The molecule has 4 aromatic rings. The van der Waals surface area contributed by atoms with Gasteiger partial charge in [0, 0.05) is 24.5 Å². The third kappa shape index (κ3) is 4.05. The molecule has 0 aliphatic carbocycles. The molecule has 7 nitrogen and oxygen atoms in total. The number of nitrogens with one attached hydrogen (secondary N) is 2. The highest BCUT2D eigenvalue weighted by atomic mass is 16.2. The van der Waals surface area contributed by atoms with E-state index < -0.39 is 0 Å². The minimum atomic E-state index is -0.267. The fourth-order valence-electron chi connectivity index (χ4n) is 4.01. The Balaban J connectivity index is 1.16. The smallest absolute Gasteiger partial charge is 0.318 e. The number of anilines is 1. The van der Waals surface area contributed by atoms with Crippen LogP contribution in [-0.4, -0.2) is 39.5 Å². The van der Waals surface area contributed by atoms with E-state index in [1.165, 1.54) is 5.56 Å². The summed E-state index contributed by atoms with van der Waals surface area (Å²) in [5.41, 5.74) is 6.01. The Hall–Kier alpha value is -4.13. The van der Waals surface area contributed by atoms with Crippen molar-refractivity contribution in [1.82, 2.24) is 19.8 Å². The van der Waals surface area contributed by atoms with Crippen molar-refractivity contribution in [3.8, 4) is 5.69 Å². The Labute approximate surface area is 185 Å². The van der Waals surface area contributed by atoms with E-state index in [4.69, 9.17) is 0 Å². The summed E-state index contributed by atoms with van der Waals surface area (Å²) in [6.45, 7) is 1.13. The van der Waals surface area contributed by atoms with Crippen molar-refractivity contribution in [3.63, 3.8) is 0 Å². The van der Waals surface area contributed by atoms with Gasteiger partial charge in [-0.25, -0.2) is 9.78 Å². The number of rotatable bonds is 4. The maximum absolute atomic E-state index is 12.5. The molecular formula is C25H23N5O2. The molecule has 5 rings (SSSR count). The zero-order valence-electron chi connectivity index (χ0n) is 17.5. The minimum absolute atomic E-state index is 0.0785. The number of benzene rings is 3. The molecule has 0 saturated carbocycles. The Kier molecular flexibility index (Phi) is 5.29. The van der Waals surface area contributed by atoms with Crippen LogP contribution in [0.1, 0.15) is 11.1 Å². The lowest BCUT2D eigenvalue weighted by Crippen LogP contribution is -2.45. The van der Waals surface area contributed by atoms with Gasteiger partial charge >= 0.3 is 6.03 Å². The van der Waals surface area contributed by atoms with Gasteiger partial charge in [-0.05, 0) is 53.9 Å². The molecule has 0 spiro atoms. The molecule has 32 heavy (non-hydrogen) atoms. The van der Waals surface area contributed by atoms with E-state index in [9.17, 15) is 9.59 Å². The Bertz CT molecular complexity index is 1280. The Morgan fingerprint density at radius 2 is 1.66 bits per heavy atom. The second-order valence-corrected chi connectivity index (χ2v) is 7.80. The lowest BCUT2D eigenvalue weighted by molar-refractivity contribution is -0.115. The second kappa shape index (κ2) is 8.55. The number of imidazole rings is 1. The van der Waals surface area contributed by atoms with Crippen LogP contribution in [0.25, 0.3) is 16.7 Å². The summed E-state index contributed by atoms with van der Waals surface area (Å²) in [7, 11) is 0. The van der Waals surface area contributed by atoms with Crippen LogP contribution < -0.4 is 10.6 Å². The first-order chi connectivity index (χ1) is 15.7. The third-order valence-electron chi connectivity index (χ3n) is 5.70. The van der Waals surface area contributed by atoms with Gasteiger partial charge < -0.3 is 15.5 Å². The molecule has 2 heterocycles. The summed E-state index contributed by atoms with van der Waals surface area (Å²) < 4.78 is 2.00. The van der Waals surface area contributed by atoms with Crippen LogP contribution in [0.15, 0.2) is 79.1 Å². The highest BCUT2D eigenvalue weighted by Crippen LogP contribution is 2.20. The number of nitrogens with zero attached hydrogens (tertiary/aromatic N) is 3. The minimum Gasteiger partial charge on any atom is -0.329 e. The van der Waals surface area contributed by atoms with Gasteiger partial charge in [-0.3, -0.25) is 9.36 Å². The summed E-state index contributed by atoms with van der Waals surface area (Å²) in [5, 5.41) is 5.55. The van der Waals surface area contributed by atoms with Crippen molar-refractivity contribution in [3.05, 3.63) is 90.3 Å². The molecule has 1 aromatic heterocycles. The quantitative estimate of drug-likeness (QED) is 0.523. The summed E-state index contributed by atoms with van der Waals surface area (Å²) >= 11 is 0. The van der Waals surface area contributed by atoms with Crippen molar-refractivity contribution in [2.45, 2.75) is 13.0 Å². The molecule has 1 aliphatic heterocycles. The van der Waals surface area contributed by atoms with Gasteiger partial charge in [0.25, 0.3) is 0 Å². The third-order valence-corrected chi connectivity index (χ3v) is 5.70. The first-order valence-electron chi connectivity index (χ1n) is 10.6. The van der Waals surface area contributed by atoms with Gasteiger partial charge in [-0.1, -0.05) is 36.4 Å². The second-order valence-electron chi connectivity index (χ2n) is 7.80. The van der Waals surface area contributed by atoms with E-state index in [0.717, 1.165) is 28.7 Å². The zero-order valence-corrected chi connectivity index (χ0v) is 17.5. The molecule has 160 valence electrons. The first kappa shape index (κ1) is 19.8. The highest BCUT2D eigenvalue weighted by Gasteiger charge is 2.20. The van der Waals surface area contributed by atoms with Crippen LogP contribution in [-0.2, 0) is 17.8 Å². The van der Waals surface area contributed by atoms with Crippen molar-refractivity contribution >= 4 is 28.7 Å². The van der Waals surface area contributed by atoms with Gasteiger partial charge in [-0.15, -0.1) is 0 Å². The standard InChI is InChI=1S/C25H23N5O2/c31-24(15-26-25(32)29-14-13-18-5-1-2-6-19(18)16-29)28-20-9-11-21(12-10-20)30-17-27-22-7-3-4-8-23(22)30/h1-12,17H,13-16H2,(H,26,32)(H,28,31). The lowest BCUT2D eigenvalue weighted by Gasteiger charge is -2.28. The molecule has 0 bridgehead atoms. The van der Waals surface area contributed by atoms with E-state index in [2.05, 4.69) is 21.7 Å². The van der Waals surface area contributed by atoms with E-state index in [1.54, 1.807) is 11.2 Å². The molecule has 1 aliphatic rings. The zero-order chi connectivity index (χ0) is 21.9. The number of para-hydroxylation sites is 2. The summed E-state index contributed by atoms with van der Waals surface area (Å²) in [4.78, 5) is 30.9. The number of aromatic nitrogens is 2. The van der Waals surface area contributed by atoms with Crippen LogP contribution in [0.2, 0.25) is 0 Å². The van der Waals surface area contributed by atoms with Crippen LogP contribution in [0.3, 0.4) is 0 Å². The topological polar surface area (TPSA) is 79.3 Å². The lowest BCUT2D eigenvalue weighted by atomic mass is 10.0. The number of hydrogen-bond donors (Lipinski definition) is 2. The number of carbonyl (C=O) groups excluding carboxylic acids is 2. The van der Waals surface area contributed by atoms with E-state index >= 15 is 0 Å². The molecule has 3 aromatic carbocycles. The van der Waals surface area contributed by atoms with Crippen molar-refractivity contribution in [2.75, 3.05) is 18.4 Å². The molecular weight excluding hydrogens is 402 g/mol. The molecule has 3 amide bonds. The maximum atomic E-state index is 12.5. The molecule has 0 saturated heterocycles. The Morgan fingerprint density at radius 3 is 2.50 bits per heavy atom. The monoisotopic (exact) mass is 425 g/mol. The molecule has 0 fully saturated rings. The fraction of sp³-hybridized carbons (Fsp3) is 0.160. The van der Waals surface area contributed by atoms with Gasteiger partial charge in [0.15, 0.2) is 0 Å². The average molecular weight is 425 g/mol. The van der Waals surface area contributed by atoms with Gasteiger partial charge in [0.05, 0.1) is 17.6 Å². The van der Waals surface area contributed by atoms with E-state index in [1.807, 2.05) is 71.3 Å². The fourth-order valence-corrected chi connectivity index (χ4v) is 4.01. The van der Waals surface area contributed by atoms with Gasteiger partial charge in [-0.2, -0.15) is 0 Å². The van der Waals surface area contributed by atoms with Crippen LogP contribution >= 0.6 is 0 Å². The van der Waals surface area contributed by atoms with Crippen LogP contribution in [0.4, 0.5) is 10.5 Å². The maximum Gasteiger partial charge on any atom is 0.318 e. The number of fused-ring (bicyclic) bond motifs is 2. The predicted molar refractivity (Wildman–Crippen MR) is 124 cm³/mol. The van der Waals surface area contributed by atoms with Crippen molar-refractivity contribution < 1.29 is 9.59 Å².